The molecule has 3 rings (SSSR count). The minimum Gasteiger partial charge on any atom is -0.461 e. The maximum Gasteiger partial charge on any atom is 0.233 e. The molecular weight excluding hydrogens is 336 g/mol. The van der Waals surface area contributed by atoms with Gasteiger partial charge in [-0.05, 0) is 50.7 Å². The normalized spacial score (nSPS) is 20.6. The van der Waals surface area contributed by atoms with Crippen LogP contribution in [-0.4, -0.2) is 44.4 Å². The maximum absolute atomic E-state index is 12.6. The molecule has 6 nitrogen and oxygen atoms in total. The highest BCUT2D eigenvalue weighted by Gasteiger charge is 2.25. The van der Waals surface area contributed by atoms with E-state index in [-0.39, 0.29) is 5.91 Å². The van der Waals surface area contributed by atoms with E-state index in [0.717, 1.165) is 30.5 Å². The van der Waals surface area contributed by atoms with Crippen LogP contribution in [0.15, 0.2) is 28.0 Å². The summed E-state index contributed by atoms with van der Waals surface area (Å²) in [6.45, 7) is 5.06. The molecule has 136 valence electrons. The average molecular weight is 362 g/mol. The Morgan fingerprint density at radius 3 is 2.76 bits per heavy atom. The van der Waals surface area contributed by atoms with Crippen molar-refractivity contribution in [2.24, 2.45) is 5.92 Å². The molecule has 0 saturated heterocycles. The smallest absolute Gasteiger partial charge is 0.233 e. The molecule has 0 aromatic carbocycles. The van der Waals surface area contributed by atoms with Gasteiger partial charge in [-0.3, -0.25) is 9.36 Å². The highest BCUT2D eigenvalue weighted by molar-refractivity contribution is 7.99. The van der Waals surface area contributed by atoms with E-state index in [4.69, 9.17) is 4.42 Å². The number of carbonyl (C=O) groups is 1. The van der Waals surface area contributed by atoms with Gasteiger partial charge in [-0.15, -0.1) is 10.2 Å². The Kier molecular flexibility index (Phi) is 5.83. The summed E-state index contributed by atoms with van der Waals surface area (Å²) in [5.74, 6) is 2.74. The molecule has 2 aromatic rings. The van der Waals surface area contributed by atoms with Crippen LogP contribution in [0.4, 0.5) is 0 Å². The van der Waals surface area contributed by atoms with Crippen molar-refractivity contribution in [3.63, 3.8) is 0 Å². The van der Waals surface area contributed by atoms with Gasteiger partial charge in [-0.2, -0.15) is 0 Å². The van der Waals surface area contributed by atoms with Gasteiger partial charge in [0.15, 0.2) is 16.7 Å². The van der Waals surface area contributed by atoms with Gasteiger partial charge in [0.25, 0.3) is 0 Å². The Morgan fingerprint density at radius 2 is 2.12 bits per heavy atom. The molecule has 0 spiro atoms. The van der Waals surface area contributed by atoms with Crippen molar-refractivity contribution < 1.29 is 9.21 Å². The SMILES string of the molecule is CCn1c(SCC(=O)N(C)C2CCC(C)CC2)nnc1-c1ccco1. The van der Waals surface area contributed by atoms with E-state index >= 15 is 0 Å². The van der Waals surface area contributed by atoms with E-state index in [2.05, 4.69) is 17.1 Å². The molecule has 1 fully saturated rings. The predicted molar refractivity (Wildman–Crippen MR) is 98.3 cm³/mol. The number of aromatic nitrogens is 3. The molecule has 0 aliphatic heterocycles. The van der Waals surface area contributed by atoms with Crippen LogP contribution >= 0.6 is 11.8 Å². The lowest BCUT2D eigenvalue weighted by Gasteiger charge is -2.33. The van der Waals surface area contributed by atoms with E-state index in [1.54, 1.807) is 6.26 Å². The van der Waals surface area contributed by atoms with Crippen LogP contribution in [0.5, 0.6) is 0 Å². The molecule has 1 amide bonds. The third-order valence-electron chi connectivity index (χ3n) is 5.03. The van der Waals surface area contributed by atoms with Crippen LogP contribution in [0.2, 0.25) is 0 Å². The highest BCUT2D eigenvalue weighted by atomic mass is 32.2. The average Bonchev–Trinajstić information content (AvgIpc) is 3.28. The molecule has 25 heavy (non-hydrogen) atoms. The van der Waals surface area contributed by atoms with Crippen molar-refractivity contribution in [3.8, 4) is 11.6 Å². The molecule has 7 heteroatoms. The predicted octanol–water partition coefficient (Wildman–Crippen LogP) is 3.69. The van der Waals surface area contributed by atoms with Crippen LogP contribution in [0.25, 0.3) is 11.6 Å². The second-order valence-corrected chi connectivity index (χ2v) is 7.68. The van der Waals surface area contributed by atoms with E-state index in [1.165, 1.54) is 24.6 Å². The zero-order valence-corrected chi connectivity index (χ0v) is 16.0. The first kappa shape index (κ1) is 18.0. The van der Waals surface area contributed by atoms with Crippen LogP contribution in [0, 0.1) is 5.92 Å². The number of furan rings is 1. The quantitative estimate of drug-likeness (QED) is 0.733. The van der Waals surface area contributed by atoms with Crippen molar-refractivity contribution in [2.45, 2.75) is 57.3 Å². The zero-order chi connectivity index (χ0) is 17.8. The highest BCUT2D eigenvalue weighted by Crippen LogP contribution is 2.28. The number of carbonyl (C=O) groups excluding carboxylic acids is 1. The number of hydrogen-bond donors (Lipinski definition) is 0. The monoisotopic (exact) mass is 362 g/mol. The molecule has 0 unspecified atom stereocenters. The number of amides is 1. The molecule has 0 atom stereocenters. The maximum atomic E-state index is 12.6. The fourth-order valence-electron chi connectivity index (χ4n) is 3.33. The minimum absolute atomic E-state index is 0.162. The summed E-state index contributed by atoms with van der Waals surface area (Å²) in [6, 6.07) is 4.08. The number of thioether (sulfide) groups is 1. The standard InChI is InChI=1S/C18H26N4O2S/c1-4-22-17(15-6-5-11-24-15)19-20-18(22)25-12-16(23)21(3)14-9-7-13(2)8-10-14/h5-6,11,13-14H,4,7-10,12H2,1-3H3. The molecule has 0 radical (unpaired) electrons. The summed E-state index contributed by atoms with van der Waals surface area (Å²) in [5.41, 5.74) is 0. The van der Waals surface area contributed by atoms with Gasteiger partial charge in [0, 0.05) is 19.6 Å². The first-order valence-electron chi connectivity index (χ1n) is 8.95. The number of rotatable bonds is 6. The van der Waals surface area contributed by atoms with Gasteiger partial charge in [0.1, 0.15) is 0 Å². The Bertz CT molecular complexity index is 690. The first-order valence-corrected chi connectivity index (χ1v) is 9.94. The third kappa shape index (κ3) is 4.08. The van der Waals surface area contributed by atoms with Crippen molar-refractivity contribution in [1.29, 1.82) is 0 Å². The summed E-state index contributed by atoms with van der Waals surface area (Å²) in [5, 5.41) is 9.22. The van der Waals surface area contributed by atoms with Gasteiger partial charge < -0.3 is 9.32 Å². The lowest BCUT2D eigenvalue weighted by Crippen LogP contribution is -2.40. The number of nitrogens with zero attached hydrogens (tertiary/aromatic N) is 4. The van der Waals surface area contributed by atoms with Gasteiger partial charge in [0.05, 0.1) is 12.0 Å². The van der Waals surface area contributed by atoms with Crippen molar-refractivity contribution in [3.05, 3.63) is 18.4 Å². The zero-order valence-electron chi connectivity index (χ0n) is 15.1. The van der Waals surface area contributed by atoms with Crippen LogP contribution in [-0.2, 0) is 11.3 Å². The van der Waals surface area contributed by atoms with E-state index in [0.29, 0.717) is 23.4 Å². The molecule has 0 bridgehead atoms. The summed E-state index contributed by atoms with van der Waals surface area (Å²) in [6.07, 6.45) is 6.28. The Hall–Kier alpha value is -1.76. The Morgan fingerprint density at radius 1 is 1.36 bits per heavy atom. The van der Waals surface area contributed by atoms with Gasteiger partial charge in [-0.1, -0.05) is 18.7 Å². The molecule has 2 aromatic heterocycles. The van der Waals surface area contributed by atoms with E-state index < -0.39 is 0 Å². The number of hydrogen-bond acceptors (Lipinski definition) is 5. The Labute approximate surface area is 153 Å². The second-order valence-electron chi connectivity index (χ2n) is 6.73. The van der Waals surface area contributed by atoms with Crippen LogP contribution in [0.1, 0.15) is 39.5 Å². The van der Waals surface area contributed by atoms with Crippen molar-refractivity contribution in [2.75, 3.05) is 12.8 Å². The third-order valence-corrected chi connectivity index (χ3v) is 5.98. The van der Waals surface area contributed by atoms with Gasteiger partial charge in [0.2, 0.25) is 5.91 Å². The molecule has 2 heterocycles. The summed E-state index contributed by atoms with van der Waals surface area (Å²) >= 11 is 1.45. The fraction of sp³-hybridized carbons (Fsp3) is 0.611. The van der Waals surface area contributed by atoms with E-state index in [9.17, 15) is 4.79 Å². The fourth-order valence-corrected chi connectivity index (χ4v) is 4.26. The molecule has 1 aliphatic carbocycles. The molecular formula is C18H26N4O2S. The minimum atomic E-state index is 0.162. The molecule has 1 aliphatic rings. The van der Waals surface area contributed by atoms with Crippen molar-refractivity contribution in [1.82, 2.24) is 19.7 Å². The van der Waals surface area contributed by atoms with Gasteiger partial charge in [-0.25, -0.2) is 0 Å². The van der Waals surface area contributed by atoms with Crippen LogP contribution < -0.4 is 0 Å². The lowest BCUT2D eigenvalue weighted by atomic mass is 9.87. The summed E-state index contributed by atoms with van der Waals surface area (Å²) < 4.78 is 7.40. The molecule has 0 N–H and O–H groups in total. The molecule has 1 saturated carbocycles. The largest absolute Gasteiger partial charge is 0.461 e. The van der Waals surface area contributed by atoms with Crippen molar-refractivity contribution >= 4 is 17.7 Å². The first-order chi connectivity index (χ1) is 12.1. The second kappa shape index (κ2) is 8.08. The van der Waals surface area contributed by atoms with Crippen LogP contribution in [0.3, 0.4) is 0 Å². The topological polar surface area (TPSA) is 64.2 Å². The van der Waals surface area contributed by atoms with Gasteiger partial charge >= 0.3 is 0 Å². The summed E-state index contributed by atoms with van der Waals surface area (Å²) in [4.78, 5) is 14.5. The lowest BCUT2D eigenvalue weighted by molar-refractivity contribution is -0.129. The summed E-state index contributed by atoms with van der Waals surface area (Å²) in [7, 11) is 1.93. The Balaban J connectivity index is 1.60. The van der Waals surface area contributed by atoms with E-state index in [1.807, 2.05) is 35.6 Å².